The average Bonchev–Trinajstić information content (AvgIpc) is 3.67. The number of fused-ring (bicyclic) bond motifs is 1. The number of oxazole rings is 1. The Morgan fingerprint density at radius 2 is 1.78 bits per heavy atom. The number of nitrogens with zero attached hydrogens (tertiary/aromatic N) is 5. The number of hydrogen-bond donors (Lipinski definition) is 3. The van der Waals surface area contributed by atoms with Gasteiger partial charge in [-0.15, -0.1) is 0 Å². The molecule has 0 aliphatic rings. The van der Waals surface area contributed by atoms with E-state index in [9.17, 15) is 14.4 Å². The van der Waals surface area contributed by atoms with Gasteiger partial charge >= 0.3 is 0 Å². The van der Waals surface area contributed by atoms with Crippen LogP contribution in [0.15, 0.2) is 101 Å². The van der Waals surface area contributed by atoms with Crippen LogP contribution in [0.5, 0.6) is 0 Å². The first kappa shape index (κ1) is 25.4. The maximum Gasteiger partial charge on any atom is 0.278 e. The quantitative estimate of drug-likeness (QED) is 0.262. The zero-order chi connectivity index (χ0) is 28.2. The number of amides is 2. The molecule has 0 saturated heterocycles. The van der Waals surface area contributed by atoms with Gasteiger partial charge in [0.1, 0.15) is 24.3 Å². The van der Waals surface area contributed by atoms with Gasteiger partial charge in [-0.05, 0) is 24.3 Å². The SMILES string of the molecule is O=C(Cn1c(-c2ccccc2)ncc(NC(=O)c2coc(-c3cccnc3)n2)c1=O)NCc1cc2cnccc2[nH]1. The third-order valence-corrected chi connectivity index (χ3v) is 6.23. The van der Waals surface area contributed by atoms with Crippen molar-refractivity contribution in [1.82, 2.24) is 34.8 Å². The molecule has 202 valence electrons. The van der Waals surface area contributed by atoms with Gasteiger partial charge in [0.25, 0.3) is 11.5 Å². The number of nitrogens with one attached hydrogen (secondary N) is 3. The molecule has 5 aromatic heterocycles. The van der Waals surface area contributed by atoms with Gasteiger partial charge in [-0.1, -0.05) is 30.3 Å². The maximum absolute atomic E-state index is 13.5. The van der Waals surface area contributed by atoms with Crippen LogP contribution in [0.1, 0.15) is 16.2 Å². The molecule has 1 aromatic carbocycles. The number of benzene rings is 1. The van der Waals surface area contributed by atoms with Gasteiger partial charge in [0.15, 0.2) is 5.69 Å². The molecule has 0 aliphatic carbocycles. The monoisotopic (exact) mass is 546 g/mol. The Morgan fingerprint density at radius 1 is 0.951 bits per heavy atom. The molecule has 6 rings (SSSR count). The zero-order valence-corrected chi connectivity index (χ0v) is 21.4. The minimum atomic E-state index is -0.667. The van der Waals surface area contributed by atoms with Gasteiger partial charge in [-0.2, -0.15) is 0 Å². The fraction of sp³-hybridized carbons (Fsp3) is 0.0690. The second kappa shape index (κ2) is 11.1. The minimum absolute atomic E-state index is 0.0341. The summed E-state index contributed by atoms with van der Waals surface area (Å²) < 4.78 is 6.63. The van der Waals surface area contributed by atoms with Crippen molar-refractivity contribution < 1.29 is 14.0 Å². The summed E-state index contributed by atoms with van der Waals surface area (Å²) in [5.41, 5.74) is 2.17. The summed E-state index contributed by atoms with van der Waals surface area (Å²) in [5, 5.41) is 6.29. The number of aromatic nitrogens is 6. The van der Waals surface area contributed by atoms with Crippen molar-refractivity contribution in [2.75, 3.05) is 5.32 Å². The van der Waals surface area contributed by atoms with Crippen LogP contribution in [0.2, 0.25) is 0 Å². The Labute approximate surface area is 232 Å². The lowest BCUT2D eigenvalue weighted by atomic mass is 10.2. The predicted molar refractivity (Wildman–Crippen MR) is 150 cm³/mol. The second-order valence-corrected chi connectivity index (χ2v) is 9.02. The van der Waals surface area contributed by atoms with Gasteiger partial charge in [-0.25, -0.2) is 9.97 Å². The Kier molecular flexibility index (Phi) is 6.85. The van der Waals surface area contributed by atoms with Crippen LogP contribution in [-0.4, -0.2) is 41.3 Å². The minimum Gasteiger partial charge on any atom is -0.444 e. The lowest BCUT2D eigenvalue weighted by molar-refractivity contribution is -0.121. The highest BCUT2D eigenvalue weighted by Crippen LogP contribution is 2.19. The van der Waals surface area contributed by atoms with Crippen molar-refractivity contribution >= 4 is 28.4 Å². The standard InChI is InChI=1S/C29H22N8O4/c38-25(32-14-21-11-20-13-31-10-8-22(20)34-21)16-37-26(18-5-2-1-3-6-18)33-15-23(29(37)40)35-27(39)24-17-41-28(36-24)19-7-4-9-30-12-19/h1-13,15,17,34H,14,16H2,(H,32,38)(H,35,39). The summed E-state index contributed by atoms with van der Waals surface area (Å²) in [6.45, 7) is -0.102. The smallest absolute Gasteiger partial charge is 0.278 e. The topological polar surface area (TPSA) is 161 Å². The number of anilines is 1. The molecule has 0 saturated carbocycles. The van der Waals surface area contributed by atoms with Crippen LogP contribution in [0, 0.1) is 0 Å². The molecule has 3 N–H and O–H groups in total. The van der Waals surface area contributed by atoms with Gasteiger partial charge in [0.05, 0.1) is 18.3 Å². The van der Waals surface area contributed by atoms with Crippen molar-refractivity contribution in [3.63, 3.8) is 0 Å². The normalized spacial score (nSPS) is 10.9. The molecule has 12 heteroatoms. The molecule has 0 fully saturated rings. The van der Waals surface area contributed by atoms with E-state index >= 15 is 0 Å². The summed E-state index contributed by atoms with van der Waals surface area (Å²) in [6, 6.07) is 16.2. The number of rotatable bonds is 8. The molecular formula is C29H22N8O4. The van der Waals surface area contributed by atoms with Crippen LogP contribution in [-0.2, 0) is 17.9 Å². The Hall–Kier alpha value is -5.91. The third-order valence-electron chi connectivity index (χ3n) is 6.23. The van der Waals surface area contributed by atoms with Crippen LogP contribution in [0.3, 0.4) is 0 Å². The molecule has 0 unspecified atom stereocenters. The van der Waals surface area contributed by atoms with Crippen molar-refractivity contribution in [1.29, 1.82) is 0 Å². The number of aromatic amines is 1. The molecule has 12 nitrogen and oxygen atoms in total. The summed E-state index contributed by atoms with van der Waals surface area (Å²) in [7, 11) is 0. The lowest BCUT2D eigenvalue weighted by Gasteiger charge is -2.14. The number of carbonyl (C=O) groups excluding carboxylic acids is 2. The average molecular weight is 547 g/mol. The maximum atomic E-state index is 13.5. The van der Waals surface area contributed by atoms with Crippen molar-refractivity contribution in [3.8, 4) is 22.8 Å². The number of pyridine rings is 2. The third kappa shape index (κ3) is 5.47. The molecule has 0 spiro atoms. The number of carbonyl (C=O) groups is 2. The highest BCUT2D eigenvalue weighted by molar-refractivity contribution is 6.02. The van der Waals surface area contributed by atoms with E-state index in [-0.39, 0.29) is 36.2 Å². The molecule has 5 heterocycles. The van der Waals surface area contributed by atoms with E-state index in [0.717, 1.165) is 16.6 Å². The highest BCUT2D eigenvalue weighted by atomic mass is 16.3. The predicted octanol–water partition coefficient (Wildman–Crippen LogP) is 3.41. The van der Waals surface area contributed by atoms with E-state index in [2.05, 4.69) is 35.6 Å². The Balaban J connectivity index is 1.24. The van der Waals surface area contributed by atoms with Crippen molar-refractivity contribution in [3.05, 3.63) is 114 Å². The second-order valence-electron chi connectivity index (χ2n) is 9.02. The van der Waals surface area contributed by atoms with Crippen LogP contribution in [0.25, 0.3) is 33.7 Å². The van der Waals surface area contributed by atoms with E-state index in [1.165, 1.54) is 17.0 Å². The van der Waals surface area contributed by atoms with Gasteiger partial charge in [-0.3, -0.25) is 28.9 Å². The van der Waals surface area contributed by atoms with Crippen molar-refractivity contribution in [2.45, 2.75) is 13.1 Å². The fourth-order valence-electron chi connectivity index (χ4n) is 4.25. The molecule has 41 heavy (non-hydrogen) atoms. The first-order valence-electron chi connectivity index (χ1n) is 12.6. The van der Waals surface area contributed by atoms with E-state index in [0.29, 0.717) is 11.1 Å². The molecule has 6 aromatic rings. The molecule has 0 aliphatic heterocycles. The number of hydrogen-bond acceptors (Lipinski definition) is 8. The van der Waals surface area contributed by atoms with E-state index in [1.807, 2.05) is 18.2 Å². The highest BCUT2D eigenvalue weighted by Gasteiger charge is 2.19. The molecule has 0 atom stereocenters. The summed E-state index contributed by atoms with van der Waals surface area (Å²) in [6.07, 6.45) is 9.02. The largest absolute Gasteiger partial charge is 0.444 e. The lowest BCUT2D eigenvalue weighted by Crippen LogP contribution is -2.35. The summed E-state index contributed by atoms with van der Waals surface area (Å²) in [4.78, 5) is 59.4. The van der Waals surface area contributed by atoms with Crippen molar-refractivity contribution in [2.24, 2.45) is 0 Å². The van der Waals surface area contributed by atoms with Crippen LogP contribution in [0.4, 0.5) is 5.69 Å². The fourth-order valence-corrected chi connectivity index (χ4v) is 4.25. The van der Waals surface area contributed by atoms with E-state index in [1.54, 1.807) is 61.2 Å². The Morgan fingerprint density at radius 3 is 2.59 bits per heavy atom. The van der Waals surface area contributed by atoms with Crippen LogP contribution < -0.4 is 16.2 Å². The van der Waals surface area contributed by atoms with Gasteiger partial charge in [0.2, 0.25) is 11.8 Å². The molecule has 0 radical (unpaired) electrons. The van der Waals surface area contributed by atoms with Gasteiger partial charge < -0.3 is 20.0 Å². The summed E-state index contributed by atoms with van der Waals surface area (Å²) >= 11 is 0. The molecule has 2 amide bonds. The van der Waals surface area contributed by atoms with Gasteiger partial charge in [0, 0.05) is 46.9 Å². The van der Waals surface area contributed by atoms with E-state index in [4.69, 9.17) is 4.42 Å². The first-order chi connectivity index (χ1) is 20.0. The van der Waals surface area contributed by atoms with E-state index < -0.39 is 17.4 Å². The Bertz CT molecular complexity index is 1880. The number of H-pyrrole nitrogens is 1. The molecular weight excluding hydrogens is 524 g/mol. The molecule has 0 bridgehead atoms. The zero-order valence-electron chi connectivity index (χ0n) is 21.4. The first-order valence-corrected chi connectivity index (χ1v) is 12.6. The summed E-state index contributed by atoms with van der Waals surface area (Å²) in [5.74, 6) is -0.592. The van der Waals surface area contributed by atoms with Crippen LogP contribution >= 0.6 is 0 Å².